The van der Waals surface area contributed by atoms with E-state index in [0.717, 1.165) is 26.2 Å². The Bertz CT molecular complexity index is 237. The predicted octanol–water partition coefficient (Wildman–Crippen LogP) is -0.810. The largest absolute Gasteiger partial charge is 0.356 e. The van der Waals surface area contributed by atoms with E-state index in [0.29, 0.717) is 6.54 Å². The summed E-state index contributed by atoms with van der Waals surface area (Å²) in [5.41, 5.74) is 0. The van der Waals surface area contributed by atoms with Crippen molar-refractivity contribution in [3.63, 3.8) is 0 Å². The number of amides is 2. The Kier molecular flexibility index (Phi) is 4.55. The summed E-state index contributed by atoms with van der Waals surface area (Å²) in [6.45, 7) is 6.99. The second-order valence-corrected chi connectivity index (χ2v) is 3.91. The van der Waals surface area contributed by atoms with Crippen molar-refractivity contribution in [1.29, 1.82) is 0 Å². The molecule has 0 spiro atoms. The fourth-order valence-corrected chi connectivity index (χ4v) is 1.58. The molecule has 1 heterocycles. The fourth-order valence-electron chi connectivity index (χ4n) is 1.58. The van der Waals surface area contributed by atoms with E-state index in [1.165, 1.54) is 6.92 Å². The fraction of sp³-hybridized carbons (Fsp3) is 0.800. The third-order valence-corrected chi connectivity index (χ3v) is 2.51. The lowest BCUT2D eigenvalue weighted by Gasteiger charge is -2.29. The van der Waals surface area contributed by atoms with Gasteiger partial charge in [0.05, 0.1) is 5.92 Å². The monoisotopic (exact) mass is 213 g/mol. The summed E-state index contributed by atoms with van der Waals surface area (Å²) in [5, 5.41) is 5.86. The van der Waals surface area contributed by atoms with Gasteiger partial charge in [-0.15, -0.1) is 0 Å². The van der Waals surface area contributed by atoms with E-state index in [9.17, 15) is 9.59 Å². The van der Waals surface area contributed by atoms with Crippen LogP contribution in [-0.2, 0) is 9.59 Å². The SMILES string of the molecule is CC(=O)NCC(C)C(=O)N1CCNCC1. The molecule has 1 aliphatic heterocycles. The molecule has 0 aromatic carbocycles. The highest BCUT2D eigenvalue weighted by Crippen LogP contribution is 2.02. The molecule has 0 aromatic rings. The minimum atomic E-state index is -0.132. The van der Waals surface area contributed by atoms with Crippen LogP contribution in [0.4, 0.5) is 0 Å². The molecule has 1 fully saturated rings. The molecule has 1 aliphatic rings. The Hall–Kier alpha value is -1.10. The average molecular weight is 213 g/mol. The highest BCUT2D eigenvalue weighted by molar-refractivity contribution is 5.80. The van der Waals surface area contributed by atoms with Gasteiger partial charge in [0.2, 0.25) is 11.8 Å². The van der Waals surface area contributed by atoms with Crippen LogP contribution in [0.25, 0.3) is 0 Å². The molecule has 86 valence electrons. The van der Waals surface area contributed by atoms with E-state index < -0.39 is 0 Å². The molecular weight excluding hydrogens is 194 g/mol. The summed E-state index contributed by atoms with van der Waals surface area (Å²) in [4.78, 5) is 24.4. The van der Waals surface area contributed by atoms with Crippen LogP contribution in [0.15, 0.2) is 0 Å². The quantitative estimate of drug-likeness (QED) is 0.644. The van der Waals surface area contributed by atoms with Gasteiger partial charge in [-0.2, -0.15) is 0 Å². The van der Waals surface area contributed by atoms with Crippen molar-refractivity contribution in [2.24, 2.45) is 5.92 Å². The zero-order valence-corrected chi connectivity index (χ0v) is 9.38. The molecule has 0 aromatic heterocycles. The van der Waals surface area contributed by atoms with Crippen LogP contribution < -0.4 is 10.6 Å². The lowest BCUT2D eigenvalue weighted by atomic mass is 10.1. The number of piperazine rings is 1. The van der Waals surface area contributed by atoms with E-state index in [1.807, 2.05) is 11.8 Å². The van der Waals surface area contributed by atoms with Gasteiger partial charge in [0.1, 0.15) is 0 Å². The smallest absolute Gasteiger partial charge is 0.227 e. The molecule has 0 radical (unpaired) electrons. The molecule has 1 saturated heterocycles. The van der Waals surface area contributed by atoms with Gasteiger partial charge in [-0.3, -0.25) is 9.59 Å². The molecule has 15 heavy (non-hydrogen) atoms. The summed E-state index contributed by atoms with van der Waals surface area (Å²) in [6.07, 6.45) is 0. The first-order valence-corrected chi connectivity index (χ1v) is 5.35. The summed E-state index contributed by atoms with van der Waals surface area (Å²) < 4.78 is 0. The summed E-state index contributed by atoms with van der Waals surface area (Å²) in [6, 6.07) is 0. The predicted molar refractivity (Wildman–Crippen MR) is 57.3 cm³/mol. The first kappa shape index (κ1) is 12.0. The van der Waals surface area contributed by atoms with Crippen LogP contribution in [0.2, 0.25) is 0 Å². The maximum atomic E-state index is 11.9. The van der Waals surface area contributed by atoms with Gasteiger partial charge in [-0.05, 0) is 0 Å². The Morgan fingerprint density at radius 3 is 2.53 bits per heavy atom. The van der Waals surface area contributed by atoms with E-state index >= 15 is 0 Å². The van der Waals surface area contributed by atoms with Crippen molar-refractivity contribution in [3.8, 4) is 0 Å². The number of rotatable bonds is 3. The third kappa shape index (κ3) is 3.87. The highest BCUT2D eigenvalue weighted by Gasteiger charge is 2.21. The molecule has 1 rings (SSSR count). The second-order valence-electron chi connectivity index (χ2n) is 3.91. The number of hydrogen-bond donors (Lipinski definition) is 2. The highest BCUT2D eigenvalue weighted by atomic mass is 16.2. The van der Waals surface area contributed by atoms with Crippen molar-refractivity contribution < 1.29 is 9.59 Å². The van der Waals surface area contributed by atoms with Gasteiger partial charge in [-0.25, -0.2) is 0 Å². The van der Waals surface area contributed by atoms with Crippen LogP contribution in [0, 0.1) is 5.92 Å². The molecule has 2 amide bonds. The number of carbonyl (C=O) groups excluding carboxylic acids is 2. The third-order valence-electron chi connectivity index (χ3n) is 2.51. The van der Waals surface area contributed by atoms with E-state index in [4.69, 9.17) is 0 Å². The summed E-state index contributed by atoms with van der Waals surface area (Å²) in [5.74, 6) is -0.0905. The minimum Gasteiger partial charge on any atom is -0.356 e. The van der Waals surface area contributed by atoms with Gasteiger partial charge >= 0.3 is 0 Å². The van der Waals surface area contributed by atoms with Crippen molar-refractivity contribution in [1.82, 2.24) is 15.5 Å². The zero-order valence-electron chi connectivity index (χ0n) is 9.38. The first-order valence-electron chi connectivity index (χ1n) is 5.35. The Morgan fingerprint density at radius 1 is 1.40 bits per heavy atom. The van der Waals surface area contributed by atoms with Gasteiger partial charge in [0.15, 0.2) is 0 Å². The first-order chi connectivity index (χ1) is 7.11. The van der Waals surface area contributed by atoms with Crippen LogP contribution in [0.5, 0.6) is 0 Å². The topological polar surface area (TPSA) is 61.4 Å². The van der Waals surface area contributed by atoms with E-state index in [1.54, 1.807) is 0 Å². The van der Waals surface area contributed by atoms with Crippen molar-refractivity contribution in [2.75, 3.05) is 32.7 Å². The molecule has 2 N–H and O–H groups in total. The summed E-state index contributed by atoms with van der Waals surface area (Å²) in [7, 11) is 0. The second kappa shape index (κ2) is 5.70. The van der Waals surface area contributed by atoms with E-state index in [2.05, 4.69) is 10.6 Å². The van der Waals surface area contributed by atoms with Gasteiger partial charge in [-0.1, -0.05) is 6.92 Å². The lowest BCUT2D eigenvalue weighted by Crippen LogP contribution is -2.49. The molecule has 0 bridgehead atoms. The number of hydrogen-bond acceptors (Lipinski definition) is 3. The number of nitrogens with zero attached hydrogens (tertiary/aromatic N) is 1. The molecule has 1 unspecified atom stereocenters. The lowest BCUT2D eigenvalue weighted by molar-refractivity contribution is -0.135. The Balaban J connectivity index is 2.33. The maximum absolute atomic E-state index is 11.9. The van der Waals surface area contributed by atoms with Gasteiger partial charge in [0.25, 0.3) is 0 Å². The molecule has 0 aliphatic carbocycles. The van der Waals surface area contributed by atoms with Crippen molar-refractivity contribution >= 4 is 11.8 Å². The van der Waals surface area contributed by atoms with Crippen LogP contribution in [-0.4, -0.2) is 49.4 Å². The van der Waals surface area contributed by atoms with Crippen LogP contribution in [0.1, 0.15) is 13.8 Å². The van der Waals surface area contributed by atoms with Crippen molar-refractivity contribution in [3.05, 3.63) is 0 Å². The van der Waals surface area contributed by atoms with Crippen LogP contribution in [0.3, 0.4) is 0 Å². The number of nitrogens with one attached hydrogen (secondary N) is 2. The van der Waals surface area contributed by atoms with Gasteiger partial charge in [0, 0.05) is 39.6 Å². The molecular formula is C10H19N3O2. The van der Waals surface area contributed by atoms with Crippen molar-refractivity contribution in [2.45, 2.75) is 13.8 Å². The molecule has 0 saturated carbocycles. The normalized spacial score (nSPS) is 18.4. The van der Waals surface area contributed by atoms with E-state index in [-0.39, 0.29) is 17.7 Å². The minimum absolute atomic E-state index is 0.0880. The Morgan fingerprint density at radius 2 is 2.00 bits per heavy atom. The Labute approximate surface area is 90.2 Å². The maximum Gasteiger partial charge on any atom is 0.227 e. The standard InChI is InChI=1S/C10H19N3O2/c1-8(7-12-9(2)14)10(15)13-5-3-11-4-6-13/h8,11H,3-7H2,1-2H3,(H,12,14). The van der Waals surface area contributed by atoms with Crippen LogP contribution >= 0.6 is 0 Å². The van der Waals surface area contributed by atoms with Gasteiger partial charge < -0.3 is 15.5 Å². The molecule has 5 heteroatoms. The average Bonchev–Trinajstić information content (AvgIpc) is 2.26. The molecule has 1 atom stereocenters. The summed E-state index contributed by atoms with van der Waals surface area (Å²) >= 11 is 0. The zero-order chi connectivity index (χ0) is 11.3. The molecule has 5 nitrogen and oxygen atoms in total. The number of carbonyl (C=O) groups is 2.